The van der Waals surface area contributed by atoms with Crippen molar-refractivity contribution in [3.8, 4) is 0 Å². The summed E-state index contributed by atoms with van der Waals surface area (Å²) in [6, 6.07) is 8.73. The molecule has 6 nitrogen and oxygen atoms in total. The van der Waals surface area contributed by atoms with Crippen molar-refractivity contribution in [2.45, 2.75) is 12.6 Å². The van der Waals surface area contributed by atoms with Crippen LogP contribution in [0.2, 0.25) is 0 Å². The molecule has 0 heterocycles. The van der Waals surface area contributed by atoms with Gasteiger partial charge in [0.25, 0.3) is 0 Å². The highest BCUT2D eigenvalue weighted by atomic mass is 35.5. The van der Waals surface area contributed by atoms with E-state index in [2.05, 4.69) is 11.9 Å². The average molecular weight is 344 g/mol. The van der Waals surface area contributed by atoms with Gasteiger partial charge in [-0.3, -0.25) is 4.79 Å². The van der Waals surface area contributed by atoms with E-state index in [0.717, 1.165) is 5.56 Å². The van der Waals surface area contributed by atoms with E-state index in [4.69, 9.17) is 14.2 Å². The van der Waals surface area contributed by atoms with Gasteiger partial charge in [-0.25, -0.2) is 4.79 Å². The van der Waals surface area contributed by atoms with E-state index in [-0.39, 0.29) is 38.8 Å². The smallest absolute Gasteiger partial charge is 0.332 e. The van der Waals surface area contributed by atoms with Gasteiger partial charge in [-0.1, -0.05) is 43.0 Å². The molecule has 1 atom stereocenters. The fourth-order valence-electron chi connectivity index (χ4n) is 1.55. The lowest BCUT2D eigenvalue weighted by Crippen LogP contribution is -2.40. The van der Waals surface area contributed by atoms with Gasteiger partial charge in [0.15, 0.2) is 0 Å². The van der Waals surface area contributed by atoms with Crippen LogP contribution in [0.3, 0.4) is 0 Å². The SMILES string of the molecule is C=CCOC(=O)COC[C@H](NC)C(=O)OCc1ccccc1.Cl. The number of halogens is 1. The lowest BCUT2D eigenvalue weighted by molar-refractivity contribution is -0.153. The van der Waals surface area contributed by atoms with Gasteiger partial charge >= 0.3 is 11.9 Å². The molecular formula is C16H22ClNO5. The molecule has 23 heavy (non-hydrogen) atoms. The molecule has 0 fully saturated rings. The number of likely N-dealkylation sites (N-methyl/N-ethyl adjacent to an activating group) is 1. The summed E-state index contributed by atoms with van der Waals surface area (Å²) >= 11 is 0. The zero-order chi connectivity index (χ0) is 16.2. The number of carbonyl (C=O) groups excluding carboxylic acids is 2. The molecule has 0 spiro atoms. The third kappa shape index (κ3) is 8.97. The Morgan fingerprint density at radius 1 is 1.26 bits per heavy atom. The van der Waals surface area contributed by atoms with Crippen molar-refractivity contribution >= 4 is 24.3 Å². The molecule has 0 bridgehead atoms. The monoisotopic (exact) mass is 343 g/mol. The van der Waals surface area contributed by atoms with Crippen LogP contribution in [-0.2, 0) is 30.4 Å². The number of hydrogen-bond donors (Lipinski definition) is 1. The molecule has 0 aliphatic carbocycles. The van der Waals surface area contributed by atoms with Crippen LogP contribution in [0.5, 0.6) is 0 Å². The minimum Gasteiger partial charge on any atom is -0.460 e. The van der Waals surface area contributed by atoms with Crippen LogP contribution in [-0.4, -0.2) is 44.8 Å². The molecule has 0 aliphatic heterocycles. The number of hydrogen-bond acceptors (Lipinski definition) is 6. The van der Waals surface area contributed by atoms with Crippen LogP contribution in [0, 0.1) is 0 Å². The highest BCUT2D eigenvalue weighted by Gasteiger charge is 2.19. The predicted octanol–water partition coefficient (Wildman–Crippen LogP) is 1.49. The topological polar surface area (TPSA) is 73.9 Å². The first kappa shape index (κ1) is 21.1. The van der Waals surface area contributed by atoms with E-state index in [1.165, 1.54) is 6.08 Å². The third-order valence-electron chi connectivity index (χ3n) is 2.72. The van der Waals surface area contributed by atoms with Gasteiger partial charge in [0, 0.05) is 0 Å². The predicted molar refractivity (Wildman–Crippen MR) is 88.3 cm³/mol. The summed E-state index contributed by atoms with van der Waals surface area (Å²) in [5.74, 6) is -0.946. The molecule has 7 heteroatoms. The molecule has 0 saturated carbocycles. The number of benzene rings is 1. The summed E-state index contributed by atoms with van der Waals surface area (Å²) in [7, 11) is 1.62. The maximum Gasteiger partial charge on any atom is 0.332 e. The highest BCUT2D eigenvalue weighted by molar-refractivity contribution is 5.85. The largest absolute Gasteiger partial charge is 0.460 e. The molecule has 1 rings (SSSR count). The Morgan fingerprint density at radius 3 is 2.57 bits per heavy atom. The molecule has 128 valence electrons. The third-order valence-corrected chi connectivity index (χ3v) is 2.72. The molecule has 0 aromatic heterocycles. The zero-order valence-electron chi connectivity index (χ0n) is 13.0. The van der Waals surface area contributed by atoms with Gasteiger partial charge in [0.2, 0.25) is 0 Å². The van der Waals surface area contributed by atoms with Crippen LogP contribution in [0.15, 0.2) is 43.0 Å². The van der Waals surface area contributed by atoms with Crippen LogP contribution in [0.4, 0.5) is 0 Å². The summed E-state index contributed by atoms with van der Waals surface area (Å²) < 4.78 is 15.1. The Balaban J connectivity index is 0.00000484. The Labute approximate surface area is 142 Å². The van der Waals surface area contributed by atoms with Gasteiger partial charge in [-0.05, 0) is 12.6 Å². The molecule has 1 aromatic rings. The molecule has 1 aromatic carbocycles. The van der Waals surface area contributed by atoms with Crippen LogP contribution in [0.1, 0.15) is 5.56 Å². The highest BCUT2D eigenvalue weighted by Crippen LogP contribution is 2.02. The van der Waals surface area contributed by atoms with E-state index >= 15 is 0 Å². The Hall–Kier alpha value is -1.89. The first-order chi connectivity index (χ1) is 10.7. The summed E-state index contributed by atoms with van der Waals surface area (Å²) in [5, 5.41) is 2.79. The minimum absolute atomic E-state index is 0. The second-order valence-corrected chi connectivity index (χ2v) is 4.42. The fraction of sp³-hybridized carbons (Fsp3) is 0.375. The number of rotatable bonds is 10. The van der Waals surface area contributed by atoms with Gasteiger partial charge < -0.3 is 19.5 Å². The molecule has 0 radical (unpaired) electrons. The normalized spacial score (nSPS) is 11.0. The fourth-order valence-corrected chi connectivity index (χ4v) is 1.55. The number of esters is 2. The van der Waals surface area contributed by atoms with Gasteiger partial charge in [-0.2, -0.15) is 0 Å². The van der Waals surface area contributed by atoms with Crippen molar-refractivity contribution in [1.82, 2.24) is 5.32 Å². The van der Waals surface area contributed by atoms with E-state index in [9.17, 15) is 9.59 Å². The van der Waals surface area contributed by atoms with Crippen molar-refractivity contribution in [3.05, 3.63) is 48.6 Å². The van der Waals surface area contributed by atoms with Gasteiger partial charge in [-0.15, -0.1) is 12.4 Å². The molecule has 0 saturated heterocycles. The summed E-state index contributed by atoms with van der Waals surface area (Å²) in [6.07, 6.45) is 1.47. The van der Waals surface area contributed by atoms with Gasteiger partial charge in [0.05, 0.1) is 6.61 Å². The molecule has 0 aliphatic rings. The molecule has 0 amide bonds. The first-order valence-electron chi connectivity index (χ1n) is 6.89. The van der Waals surface area contributed by atoms with Crippen molar-refractivity contribution in [3.63, 3.8) is 0 Å². The number of nitrogens with one attached hydrogen (secondary N) is 1. The number of carbonyl (C=O) groups is 2. The Bertz CT molecular complexity index is 481. The minimum atomic E-state index is -0.643. The maximum atomic E-state index is 11.9. The summed E-state index contributed by atoms with van der Waals surface area (Å²) in [6.45, 7) is 3.56. The van der Waals surface area contributed by atoms with Crippen LogP contribution in [0.25, 0.3) is 0 Å². The van der Waals surface area contributed by atoms with Crippen molar-refractivity contribution in [2.75, 3.05) is 26.9 Å². The quantitative estimate of drug-likeness (QED) is 0.512. The standard InChI is InChI=1S/C16H21NO5.ClH/c1-3-9-21-15(18)12-20-11-14(17-2)16(19)22-10-13-7-5-4-6-8-13;/h3-8,14,17H,1,9-12H2,2H3;1H/t14-;/m0./s1. The number of ether oxygens (including phenoxy) is 3. The van der Waals surface area contributed by atoms with Crippen molar-refractivity contribution < 1.29 is 23.8 Å². The summed E-state index contributed by atoms with van der Waals surface area (Å²) in [5.41, 5.74) is 0.902. The second-order valence-electron chi connectivity index (χ2n) is 4.42. The molecule has 0 unspecified atom stereocenters. The van der Waals surface area contributed by atoms with E-state index in [0.29, 0.717) is 0 Å². The van der Waals surface area contributed by atoms with Gasteiger partial charge in [0.1, 0.15) is 25.9 Å². The van der Waals surface area contributed by atoms with E-state index < -0.39 is 18.0 Å². The first-order valence-corrected chi connectivity index (χ1v) is 6.89. The Kier molecular flexibility index (Phi) is 11.6. The van der Waals surface area contributed by atoms with Crippen LogP contribution < -0.4 is 5.32 Å². The Morgan fingerprint density at radius 2 is 1.96 bits per heavy atom. The van der Waals surface area contributed by atoms with Crippen LogP contribution >= 0.6 is 12.4 Å². The lowest BCUT2D eigenvalue weighted by Gasteiger charge is -2.15. The average Bonchev–Trinajstić information content (AvgIpc) is 2.55. The molecule has 1 N–H and O–H groups in total. The second kappa shape index (κ2) is 12.6. The maximum absolute atomic E-state index is 11.9. The van der Waals surface area contributed by atoms with E-state index in [1.54, 1.807) is 7.05 Å². The molecular weight excluding hydrogens is 322 g/mol. The lowest BCUT2D eigenvalue weighted by atomic mass is 10.2. The van der Waals surface area contributed by atoms with Crippen molar-refractivity contribution in [2.24, 2.45) is 0 Å². The summed E-state index contributed by atoms with van der Waals surface area (Å²) in [4.78, 5) is 23.1. The zero-order valence-corrected chi connectivity index (χ0v) is 13.8. The van der Waals surface area contributed by atoms with E-state index in [1.807, 2.05) is 30.3 Å². The van der Waals surface area contributed by atoms with Crippen molar-refractivity contribution in [1.29, 1.82) is 0 Å².